The molecule has 52 valence electrons. The average Bonchev–Trinajstić information content (AvgIpc) is 1.79. The first-order chi connectivity index (χ1) is 4.39. The van der Waals surface area contributed by atoms with Gasteiger partial charge >= 0.3 is 7.32 Å². The van der Waals surface area contributed by atoms with Crippen molar-refractivity contribution < 1.29 is 14.3 Å². The van der Waals surface area contributed by atoms with Crippen LogP contribution < -0.4 is 5.32 Å². The zero-order valence-electron chi connectivity index (χ0n) is 5.17. The van der Waals surface area contributed by atoms with Crippen molar-refractivity contribution in [2.24, 2.45) is 0 Å². The second kappa shape index (κ2) is 3.84. The lowest BCUT2D eigenvalue weighted by Gasteiger charge is -2.13. The van der Waals surface area contributed by atoms with Crippen LogP contribution in [0, 0.1) is 0 Å². The lowest BCUT2D eigenvalue weighted by Crippen LogP contribution is -2.35. The van der Waals surface area contributed by atoms with Gasteiger partial charge in [0.1, 0.15) is 0 Å². The summed E-state index contributed by atoms with van der Waals surface area (Å²) >= 11 is 0. The Labute approximate surface area is 54.3 Å². The maximum Gasteiger partial charge on any atom is 0.636 e. The second-order valence-corrected chi connectivity index (χ2v) is 1.80. The predicted molar refractivity (Wildman–Crippen MR) is 32.7 cm³/mol. The van der Waals surface area contributed by atoms with Crippen LogP contribution in [-0.2, 0) is 9.31 Å². The van der Waals surface area contributed by atoms with E-state index in [4.69, 9.17) is 14.3 Å². The van der Waals surface area contributed by atoms with Gasteiger partial charge in [0.25, 0.3) is 0 Å². The van der Waals surface area contributed by atoms with Crippen molar-refractivity contribution in [2.75, 3.05) is 26.3 Å². The van der Waals surface area contributed by atoms with Crippen LogP contribution >= 0.6 is 0 Å². The molecule has 1 saturated heterocycles. The summed E-state index contributed by atoms with van der Waals surface area (Å²) in [4.78, 5) is 0. The molecule has 9 heavy (non-hydrogen) atoms. The molecule has 0 aromatic carbocycles. The monoisotopic (exact) mass is 131 g/mol. The van der Waals surface area contributed by atoms with Crippen LogP contribution in [0.5, 0.6) is 0 Å². The van der Waals surface area contributed by atoms with E-state index in [-0.39, 0.29) is 0 Å². The van der Waals surface area contributed by atoms with Gasteiger partial charge in [-0.2, -0.15) is 0 Å². The normalized spacial score (nSPS) is 23.0. The Morgan fingerprint density at radius 1 is 1.22 bits per heavy atom. The van der Waals surface area contributed by atoms with Gasteiger partial charge in [-0.3, -0.25) is 0 Å². The number of hydrogen-bond acceptors (Lipinski definition) is 4. The van der Waals surface area contributed by atoms with Crippen LogP contribution in [0.15, 0.2) is 0 Å². The molecule has 2 N–H and O–H groups in total. The highest BCUT2D eigenvalue weighted by Crippen LogP contribution is 1.86. The molecule has 0 saturated carbocycles. The highest BCUT2D eigenvalue weighted by molar-refractivity contribution is 6.34. The average molecular weight is 131 g/mol. The van der Waals surface area contributed by atoms with Gasteiger partial charge in [0.15, 0.2) is 0 Å². The zero-order valence-corrected chi connectivity index (χ0v) is 5.17. The fourth-order valence-electron chi connectivity index (χ4n) is 0.637. The van der Waals surface area contributed by atoms with Crippen molar-refractivity contribution in [3.8, 4) is 0 Å². The minimum atomic E-state index is -1.02. The summed E-state index contributed by atoms with van der Waals surface area (Å²) in [5, 5.41) is 11.8. The molecule has 0 radical (unpaired) electrons. The topological polar surface area (TPSA) is 50.7 Å². The van der Waals surface area contributed by atoms with Crippen LogP contribution in [0.25, 0.3) is 0 Å². The van der Waals surface area contributed by atoms with Crippen LogP contribution in [0.3, 0.4) is 0 Å². The molecule has 1 rings (SSSR count). The van der Waals surface area contributed by atoms with Crippen molar-refractivity contribution >= 4 is 7.32 Å². The van der Waals surface area contributed by atoms with E-state index in [0.29, 0.717) is 13.2 Å². The molecule has 1 heterocycles. The summed E-state index contributed by atoms with van der Waals surface area (Å²) in [6.45, 7) is 2.56. The van der Waals surface area contributed by atoms with Crippen molar-refractivity contribution in [2.45, 2.75) is 0 Å². The van der Waals surface area contributed by atoms with Gasteiger partial charge in [-0.25, -0.2) is 0 Å². The van der Waals surface area contributed by atoms with E-state index in [2.05, 4.69) is 5.32 Å². The first-order valence-electron chi connectivity index (χ1n) is 3.01. The fraction of sp³-hybridized carbons (Fsp3) is 1.00. The molecule has 0 spiro atoms. The number of rotatable bonds is 0. The standard InChI is InChI=1S/C4H10BNO3/c7-5-8-3-1-6-2-4-9-5/h6-7H,1-4H2. The van der Waals surface area contributed by atoms with E-state index in [1.54, 1.807) is 0 Å². The third kappa shape index (κ3) is 2.81. The van der Waals surface area contributed by atoms with Gasteiger partial charge in [0.2, 0.25) is 0 Å². The summed E-state index contributed by atoms with van der Waals surface area (Å²) in [5.41, 5.74) is 0. The van der Waals surface area contributed by atoms with Gasteiger partial charge < -0.3 is 19.6 Å². The molecule has 0 amide bonds. The van der Waals surface area contributed by atoms with Gasteiger partial charge in [-0.15, -0.1) is 0 Å². The molecule has 0 atom stereocenters. The van der Waals surface area contributed by atoms with Crippen molar-refractivity contribution in [3.05, 3.63) is 0 Å². The first kappa shape index (κ1) is 7.02. The van der Waals surface area contributed by atoms with E-state index in [0.717, 1.165) is 13.1 Å². The Morgan fingerprint density at radius 3 is 2.33 bits per heavy atom. The van der Waals surface area contributed by atoms with E-state index >= 15 is 0 Å². The SMILES string of the molecule is OB1OCCNCCO1. The molecule has 1 fully saturated rings. The third-order valence-electron chi connectivity index (χ3n) is 1.08. The Hall–Kier alpha value is -0.0951. The van der Waals surface area contributed by atoms with Gasteiger partial charge in [0, 0.05) is 26.3 Å². The smallest absolute Gasteiger partial charge is 0.402 e. The van der Waals surface area contributed by atoms with E-state index in [1.165, 1.54) is 0 Å². The van der Waals surface area contributed by atoms with Crippen LogP contribution in [-0.4, -0.2) is 38.6 Å². The summed E-state index contributed by atoms with van der Waals surface area (Å²) in [6, 6.07) is 0. The summed E-state index contributed by atoms with van der Waals surface area (Å²) in [5.74, 6) is 0. The largest absolute Gasteiger partial charge is 0.636 e. The minimum Gasteiger partial charge on any atom is -0.402 e. The molecular formula is C4H10BNO3. The van der Waals surface area contributed by atoms with Crippen LogP contribution in [0.2, 0.25) is 0 Å². The second-order valence-electron chi connectivity index (χ2n) is 1.80. The maximum atomic E-state index is 8.74. The molecular weight excluding hydrogens is 121 g/mol. The first-order valence-corrected chi connectivity index (χ1v) is 3.01. The summed E-state index contributed by atoms with van der Waals surface area (Å²) in [6.07, 6.45) is 0. The maximum absolute atomic E-state index is 8.74. The quantitative estimate of drug-likeness (QED) is 0.397. The summed E-state index contributed by atoms with van der Waals surface area (Å²) < 4.78 is 9.51. The molecule has 0 unspecified atom stereocenters. The van der Waals surface area contributed by atoms with Gasteiger partial charge in [0.05, 0.1) is 0 Å². The number of nitrogens with one attached hydrogen (secondary N) is 1. The molecule has 0 aromatic rings. The van der Waals surface area contributed by atoms with Gasteiger partial charge in [-0.05, 0) is 0 Å². The van der Waals surface area contributed by atoms with Crippen molar-refractivity contribution in [1.82, 2.24) is 5.32 Å². The molecule has 0 aromatic heterocycles. The van der Waals surface area contributed by atoms with Crippen molar-refractivity contribution in [1.29, 1.82) is 0 Å². The Morgan fingerprint density at radius 2 is 1.78 bits per heavy atom. The lowest BCUT2D eigenvalue weighted by atomic mass is 10.2. The van der Waals surface area contributed by atoms with Crippen LogP contribution in [0.1, 0.15) is 0 Å². The lowest BCUT2D eigenvalue weighted by molar-refractivity contribution is 0.120. The molecule has 0 bridgehead atoms. The minimum absolute atomic E-state index is 0.501. The Bertz CT molecular complexity index is 74.2. The Balaban J connectivity index is 2.12. The third-order valence-corrected chi connectivity index (χ3v) is 1.08. The fourth-order valence-corrected chi connectivity index (χ4v) is 0.637. The van der Waals surface area contributed by atoms with E-state index < -0.39 is 7.32 Å². The van der Waals surface area contributed by atoms with Crippen molar-refractivity contribution in [3.63, 3.8) is 0 Å². The highest BCUT2D eigenvalue weighted by Gasteiger charge is 2.15. The molecule has 0 aliphatic carbocycles. The Kier molecular flexibility index (Phi) is 3.00. The zero-order chi connectivity index (χ0) is 6.53. The highest BCUT2D eigenvalue weighted by atomic mass is 16.7. The van der Waals surface area contributed by atoms with E-state index in [9.17, 15) is 0 Å². The van der Waals surface area contributed by atoms with Crippen LogP contribution in [0.4, 0.5) is 0 Å². The number of hydrogen-bond donors (Lipinski definition) is 2. The molecule has 4 nitrogen and oxygen atoms in total. The summed E-state index contributed by atoms with van der Waals surface area (Å²) in [7, 11) is -1.02. The molecule has 1 aliphatic heterocycles. The molecule has 1 aliphatic rings. The predicted octanol–water partition coefficient (Wildman–Crippen LogP) is -1.40. The van der Waals surface area contributed by atoms with E-state index in [1.807, 2.05) is 0 Å². The molecule has 5 heteroatoms. The van der Waals surface area contributed by atoms with Gasteiger partial charge in [-0.1, -0.05) is 0 Å².